The van der Waals surface area contributed by atoms with Crippen molar-refractivity contribution in [1.82, 2.24) is 4.98 Å². The van der Waals surface area contributed by atoms with E-state index in [2.05, 4.69) is 4.98 Å². The number of hydrogen-bond acceptors (Lipinski definition) is 6. The van der Waals surface area contributed by atoms with Gasteiger partial charge in [-0.2, -0.15) is 5.26 Å². The highest BCUT2D eigenvalue weighted by Crippen LogP contribution is 2.32. The van der Waals surface area contributed by atoms with E-state index in [9.17, 15) is 23.6 Å². The van der Waals surface area contributed by atoms with Gasteiger partial charge < -0.3 is 4.74 Å². The SMILES string of the molecule is COc1cccc(C(=O)/C(C#N)=C/c2csc(N(C(C)=O)c3ccc(F)cc3F)n2)c1. The summed E-state index contributed by atoms with van der Waals surface area (Å²) in [6.45, 7) is 1.22. The highest BCUT2D eigenvalue weighted by atomic mass is 32.1. The van der Waals surface area contributed by atoms with Crippen LogP contribution in [0, 0.1) is 23.0 Å². The second kappa shape index (κ2) is 9.28. The first-order valence-electron chi connectivity index (χ1n) is 8.86. The van der Waals surface area contributed by atoms with Gasteiger partial charge in [-0.15, -0.1) is 11.3 Å². The molecular formula is C22H15F2N3O3S. The van der Waals surface area contributed by atoms with Crippen LogP contribution >= 0.6 is 11.3 Å². The normalized spacial score (nSPS) is 11.0. The Labute approximate surface area is 180 Å². The Bertz CT molecular complexity index is 1230. The summed E-state index contributed by atoms with van der Waals surface area (Å²) in [7, 11) is 1.46. The van der Waals surface area contributed by atoms with Crippen molar-refractivity contribution >= 4 is 39.9 Å². The molecule has 0 aliphatic carbocycles. The predicted molar refractivity (Wildman–Crippen MR) is 112 cm³/mol. The van der Waals surface area contributed by atoms with Gasteiger partial charge in [0, 0.05) is 23.9 Å². The van der Waals surface area contributed by atoms with Crippen molar-refractivity contribution in [2.45, 2.75) is 6.92 Å². The van der Waals surface area contributed by atoms with Crippen molar-refractivity contribution in [2.75, 3.05) is 12.0 Å². The van der Waals surface area contributed by atoms with E-state index in [1.54, 1.807) is 18.2 Å². The summed E-state index contributed by atoms with van der Waals surface area (Å²) in [6.07, 6.45) is 1.28. The van der Waals surface area contributed by atoms with Crippen LogP contribution in [-0.2, 0) is 4.79 Å². The first kappa shape index (κ1) is 21.8. The maximum atomic E-state index is 14.2. The number of benzene rings is 2. The number of ketones is 1. The Morgan fingerprint density at radius 1 is 1.23 bits per heavy atom. The molecule has 2 aromatic carbocycles. The minimum Gasteiger partial charge on any atom is -0.497 e. The number of carbonyl (C=O) groups excluding carboxylic acids is 2. The fourth-order valence-electron chi connectivity index (χ4n) is 2.73. The molecule has 0 fully saturated rings. The van der Waals surface area contributed by atoms with Gasteiger partial charge in [-0.05, 0) is 30.3 Å². The van der Waals surface area contributed by atoms with Gasteiger partial charge in [0.15, 0.2) is 5.13 Å². The van der Waals surface area contributed by atoms with Crippen LogP contribution in [0.1, 0.15) is 23.0 Å². The average Bonchev–Trinajstić information content (AvgIpc) is 3.21. The van der Waals surface area contributed by atoms with Gasteiger partial charge >= 0.3 is 0 Å². The van der Waals surface area contributed by atoms with Crippen LogP contribution < -0.4 is 9.64 Å². The molecule has 1 heterocycles. The van der Waals surface area contributed by atoms with Crippen molar-refractivity contribution < 1.29 is 23.1 Å². The number of nitrogens with zero attached hydrogens (tertiary/aromatic N) is 3. The first-order chi connectivity index (χ1) is 14.8. The minimum atomic E-state index is -0.923. The van der Waals surface area contributed by atoms with Crippen LogP contribution in [-0.4, -0.2) is 23.8 Å². The number of Topliss-reactive ketones (excluding diaryl/α,β-unsaturated/α-hetero) is 1. The number of ether oxygens (including phenoxy) is 1. The summed E-state index contributed by atoms with van der Waals surface area (Å²) in [5.74, 6) is -2.29. The molecule has 9 heteroatoms. The Hall–Kier alpha value is -3.90. The number of aromatic nitrogens is 1. The molecule has 0 spiro atoms. The summed E-state index contributed by atoms with van der Waals surface area (Å²) >= 11 is 1.01. The van der Waals surface area contributed by atoms with Crippen molar-refractivity contribution in [2.24, 2.45) is 0 Å². The maximum absolute atomic E-state index is 14.2. The summed E-state index contributed by atoms with van der Waals surface area (Å²) < 4.78 is 32.5. The molecule has 1 amide bonds. The maximum Gasteiger partial charge on any atom is 0.230 e. The van der Waals surface area contributed by atoms with Crippen LogP contribution in [0.4, 0.5) is 19.6 Å². The average molecular weight is 439 g/mol. The molecule has 3 rings (SSSR count). The molecule has 0 atom stereocenters. The van der Waals surface area contributed by atoms with E-state index in [0.717, 1.165) is 28.4 Å². The lowest BCUT2D eigenvalue weighted by Gasteiger charge is -2.18. The lowest BCUT2D eigenvalue weighted by molar-refractivity contribution is -0.115. The zero-order chi connectivity index (χ0) is 22.5. The highest BCUT2D eigenvalue weighted by molar-refractivity contribution is 7.14. The lowest BCUT2D eigenvalue weighted by atomic mass is 10.0. The van der Waals surface area contributed by atoms with Gasteiger partial charge in [0.1, 0.15) is 29.0 Å². The summed E-state index contributed by atoms with van der Waals surface area (Å²) in [5, 5.41) is 11.1. The third-order valence-electron chi connectivity index (χ3n) is 4.16. The van der Waals surface area contributed by atoms with Crippen LogP contribution in [0.3, 0.4) is 0 Å². The fourth-order valence-corrected chi connectivity index (χ4v) is 3.57. The number of rotatable bonds is 6. The summed E-state index contributed by atoms with van der Waals surface area (Å²) in [6, 6.07) is 11.0. The lowest BCUT2D eigenvalue weighted by Crippen LogP contribution is -2.23. The molecule has 1 aromatic heterocycles. The molecule has 0 aliphatic heterocycles. The van der Waals surface area contributed by atoms with E-state index in [1.165, 1.54) is 31.6 Å². The smallest absolute Gasteiger partial charge is 0.230 e. The number of thiazole rings is 1. The van der Waals surface area contributed by atoms with Crippen molar-refractivity contribution in [3.63, 3.8) is 0 Å². The van der Waals surface area contributed by atoms with Crippen LogP contribution in [0.2, 0.25) is 0 Å². The standard InChI is InChI=1S/C22H15F2N3O3S/c1-13(28)27(20-7-6-16(23)10-19(20)24)22-26-17(12-31-22)8-15(11-25)21(29)14-4-3-5-18(9-14)30-2/h3-10,12H,1-2H3/b15-8+. The van der Waals surface area contributed by atoms with Crippen molar-refractivity contribution in [1.29, 1.82) is 5.26 Å². The van der Waals surface area contributed by atoms with E-state index in [-0.39, 0.29) is 27.6 Å². The van der Waals surface area contributed by atoms with E-state index in [1.807, 2.05) is 6.07 Å². The molecule has 0 aliphatic rings. The number of nitriles is 1. The van der Waals surface area contributed by atoms with Gasteiger partial charge in [0.25, 0.3) is 0 Å². The van der Waals surface area contributed by atoms with E-state index >= 15 is 0 Å². The second-order valence-electron chi connectivity index (χ2n) is 6.24. The Morgan fingerprint density at radius 2 is 2.00 bits per heavy atom. The van der Waals surface area contributed by atoms with Gasteiger partial charge in [-0.1, -0.05) is 12.1 Å². The Morgan fingerprint density at radius 3 is 2.65 bits per heavy atom. The fraction of sp³-hybridized carbons (Fsp3) is 0.0909. The zero-order valence-electron chi connectivity index (χ0n) is 16.4. The largest absolute Gasteiger partial charge is 0.497 e. The van der Waals surface area contributed by atoms with Crippen molar-refractivity contribution in [3.05, 3.63) is 76.3 Å². The van der Waals surface area contributed by atoms with Crippen LogP contribution in [0.25, 0.3) is 6.08 Å². The zero-order valence-corrected chi connectivity index (χ0v) is 17.2. The molecule has 0 bridgehead atoms. The number of anilines is 2. The number of halogens is 2. The molecule has 6 nitrogen and oxygen atoms in total. The van der Waals surface area contributed by atoms with Gasteiger partial charge in [0.05, 0.1) is 18.5 Å². The predicted octanol–water partition coefficient (Wildman–Crippen LogP) is 4.90. The summed E-state index contributed by atoms with van der Waals surface area (Å²) in [5.41, 5.74) is 0.169. The van der Waals surface area contributed by atoms with E-state index in [4.69, 9.17) is 4.74 Å². The van der Waals surface area contributed by atoms with Crippen molar-refractivity contribution in [3.8, 4) is 11.8 Å². The number of allylic oxidation sites excluding steroid dienone is 1. The monoisotopic (exact) mass is 439 g/mol. The first-order valence-corrected chi connectivity index (χ1v) is 9.74. The quantitative estimate of drug-likeness (QED) is 0.310. The summed E-state index contributed by atoms with van der Waals surface area (Å²) in [4.78, 5) is 30.0. The molecule has 156 valence electrons. The molecule has 31 heavy (non-hydrogen) atoms. The third kappa shape index (κ3) is 4.82. The van der Waals surface area contributed by atoms with E-state index < -0.39 is 23.3 Å². The van der Waals surface area contributed by atoms with Gasteiger partial charge in [-0.25, -0.2) is 13.8 Å². The Balaban J connectivity index is 1.95. The van der Waals surface area contributed by atoms with Gasteiger partial charge in [0.2, 0.25) is 11.7 Å². The molecule has 0 unspecified atom stereocenters. The molecule has 3 aromatic rings. The minimum absolute atomic E-state index is 0.107. The van der Waals surface area contributed by atoms with E-state index in [0.29, 0.717) is 11.8 Å². The molecule has 0 saturated heterocycles. The number of methoxy groups -OCH3 is 1. The third-order valence-corrected chi connectivity index (χ3v) is 5.00. The number of hydrogen-bond donors (Lipinski definition) is 0. The van der Waals surface area contributed by atoms with Crippen LogP contribution in [0.15, 0.2) is 53.4 Å². The Kier molecular flexibility index (Phi) is 6.52. The number of carbonyl (C=O) groups is 2. The van der Waals surface area contributed by atoms with Crippen LogP contribution in [0.5, 0.6) is 5.75 Å². The topological polar surface area (TPSA) is 83.3 Å². The molecule has 0 saturated carbocycles. The highest BCUT2D eigenvalue weighted by Gasteiger charge is 2.22. The molecule has 0 radical (unpaired) electrons. The number of amides is 1. The second-order valence-corrected chi connectivity index (χ2v) is 7.07. The molecule has 0 N–H and O–H groups in total. The van der Waals surface area contributed by atoms with Gasteiger partial charge in [-0.3, -0.25) is 14.5 Å². The molecular weight excluding hydrogens is 424 g/mol.